The first-order chi connectivity index (χ1) is 15.3. The molecule has 8 nitrogen and oxygen atoms in total. The number of amidine groups is 1. The van der Waals surface area contributed by atoms with E-state index in [-0.39, 0.29) is 11.5 Å². The summed E-state index contributed by atoms with van der Waals surface area (Å²) in [5.74, 6) is 0.429. The topological polar surface area (TPSA) is 107 Å². The Morgan fingerprint density at radius 2 is 1.66 bits per heavy atom. The fraction of sp³-hybridized carbons (Fsp3) is 0.130. The molecule has 0 saturated carbocycles. The van der Waals surface area contributed by atoms with Gasteiger partial charge >= 0.3 is 0 Å². The quantitative estimate of drug-likeness (QED) is 0.314. The van der Waals surface area contributed by atoms with Crippen LogP contribution in [-0.2, 0) is 0 Å². The average molecular weight is 429 g/mol. The van der Waals surface area contributed by atoms with Crippen molar-refractivity contribution in [3.63, 3.8) is 0 Å². The van der Waals surface area contributed by atoms with Crippen LogP contribution in [0, 0.1) is 5.41 Å². The van der Waals surface area contributed by atoms with Crippen LogP contribution in [0.25, 0.3) is 0 Å². The zero-order valence-electron chi connectivity index (χ0n) is 18.4. The lowest BCUT2D eigenvalue weighted by molar-refractivity contribution is 0.102. The van der Waals surface area contributed by atoms with Crippen LogP contribution in [0.1, 0.15) is 26.3 Å². The second-order valence-electron chi connectivity index (χ2n) is 7.36. The Morgan fingerprint density at radius 1 is 0.969 bits per heavy atom. The third-order valence-electron chi connectivity index (χ3n) is 4.74. The van der Waals surface area contributed by atoms with Crippen molar-refractivity contribution in [1.29, 1.82) is 5.41 Å². The van der Waals surface area contributed by atoms with E-state index in [1.807, 2.05) is 13.9 Å². The molecule has 0 fully saturated rings. The lowest BCUT2D eigenvalue weighted by Gasteiger charge is -2.15. The Bertz CT molecular complexity index is 1150. The Hall–Kier alpha value is -4.14. The van der Waals surface area contributed by atoms with Crippen molar-refractivity contribution in [2.45, 2.75) is 0 Å². The maximum absolute atomic E-state index is 12.9. The highest BCUT2D eigenvalue weighted by Gasteiger charge is 2.17. The van der Waals surface area contributed by atoms with Gasteiger partial charge in [0.25, 0.3) is 11.8 Å². The van der Waals surface area contributed by atoms with Gasteiger partial charge in [0, 0.05) is 31.4 Å². The Morgan fingerprint density at radius 3 is 2.25 bits per heavy atom. The number of carbonyl (C=O) groups excluding carboxylic acids is 2. The number of methoxy groups -OCH3 is 1. The summed E-state index contributed by atoms with van der Waals surface area (Å²) in [6.07, 6.45) is 1.66. The molecule has 0 aliphatic carbocycles. The minimum Gasteiger partial charge on any atom is -0.497 e. The number of amides is 2. The van der Waals surface area contributed by atoms with E-state index in [4.69, 9.17) is 10.1 Å². The number of hydrogen-bond donors (Lipinski definition) is 3. The van der Waals surface area contributed by atoms with Crippen molar-refractivity contribution >= 4 is 42.5 Å². The predicted molar refractivity (Wildman–Crippen MR) is 128 cm³/mol. The predicted octanol–water partition coefficient (Wildman–Crippen LogP) is 1.74. The summed E-state index contributed by atoms with van der Waals surface area (Å²) in [4.78, 5) is 31.6. The van der Waals surface area contributed by atoms with Gasteiger partial charge in [-0.05, 0) is 36.4 Å². The minimum atomic E-state index is -0.426. The first kappa shape index (κ1) is 22.5. The number of aromatic nitrogens is 1. The molecule has 0 aliphatic rings. The molecule has 0 radical (unpaired) electrons. The molecule has 1 aromatic heterocycles. The summed E-state index contributed by atoms with van der Waals surface area (Å²) in [6, 6.07) is 15.1. The molecule has 0 aliphatic heterocycles. The number of rotatable bonds is 6. The van der Waals surface area contributed by atoms with Gasteiger partial charge in [-0.1, -0.05) is 23.7 Å². The highest BCUT2D eigenvalue weighted by atomic mass is 16.5. The van der Waals surface area contributed by atoms with E-state index in [9.17, 15) is 9.59 Å². The highest BCUT2D eigenvalue weighted by molar-refractivity contribution is 6.32. The van der Waals surface area contributed by atoms with E-state index in [2.05, 4.69) is 15.6 Å². The van der Waals surface area contributed by atoms with Crippen molar-refractivity contribution in [3.8, 4) is 5.75 Å². The number of ether oxygens (including phenoxy) is 1. The SMILES string of the molecule is Bc1ccc(NC(=O)c2cc(OC)ccc2NC(=O)c2ccc(C(=N)N(C)C)cc2)nc1. The molecule has 3 aromatic rings. The van der Waals surface area contributed by atoms with Crippen molar-refractivity contribution in [1.82, 2.24) is 9.88 Å². The van der Waals surface area contributed by atoms with Crippen LogP contribution in [0.3, 0.4) is 0 Å². The van der Waals surface area contributed by atoms with Gasteiger partial charge in [-0.25, -0.2) is 4.98 Å². The third kappa shape index (κ3) is 5.31. The standard InChI is InChI=1S/C23H24BN5O3/c1-29(2)21(25)14-4-6-15(7-5-14)22(30)27-19-10-9-17(32-3)12-18(19)23(31)28-20-11-8-16(24)13-26-20/h4-13,25H,24H2,1-3H3,(H,27,30)(H,26,28,31). The van der Waals surface area contributed by atoms with E-state index in [0.717, 1.165) is 5.46 Å². The van der Waals surface area contributed by atoms with Gasteiger partial charge in [0.2, 0.25) is 0 Å². The van der Waals surface area contributed by atoms with Crippen LogP contribution >= 0.6 is 0 Å². The fourth-order valence-corrected chi connectivity index (χ4v) is 2.90. The molecule has 0 spiro atoms. The van der Waals surface area contributed by atoms with Gasteiger partial charge in [0.15, 0.2) is 0 Å². The average Bonchev–Trinajstić information content (AvgIpc) is 2.80. The Balaban J connectivity index is 1.82. The van der Waals surface area contributed by atoms with Crippen molar-refractivity contribution in [2.24, 2.45) is 0 Å². The summed E-state index contributed by atoms with van der Waals surface area (Å²) in [6.45, 7) is 0. The highest BCUT2D eigenvalue weighted by Crippen LogP contribution is 2.24. The van der Waals surface area contributed by atoms with Crippen LogP contribution in [0.5, 0.6) is 5.75 Å². The largest absolute Gasteiger partial charge is 0.497 e. The third-order valence-corrected chi connectivity index (χ3v) is 4.74. The van der Waals surface area contributed by atoms with Gasteiger partial charge in [-0.3, -0.25) is 15.0 Å². The zero-order chi connectivity index (χ0) is 23.3. The van der Waals surface area contributed by atoms with Crippen molar-refractivity contribution in [3.05, 3.63) is 77.5 Å². The van der Waals surface area contributed by atoms with Gasteiger partial charge in [0.1, 0.15) is 25.2 Å². The molecule has 32 heavy (non-hydrogen) atoms. The molecule has 3 rings (SSSR count). The Labute approximate surface area is 187 Å². The number of pyridine rings is 1. The first-order valence-corrected chi connectivity index (χ1v) is 9.88. The number of nitrogens with zero attached hydrogens (tertiary/aromatic N) is 2. The van der Waals surface area contributed by atoms with Crippen LogP contribution in [0.4, 0.5) is 11.5 Å². The molecule has 2 amide bonds. The zero-order valence-corrected chi connectivity index (χ0v) is 18.4. The summed E-state index contributed by atoms with van der Waals surface area (Å²) >= 11 is 0. The summed E-state index contributed by atoms with van der Waals surface area (Å²) in [5.41, 5.74) is 2.66. The molecule has 9 heteroatoms. The van der Waals surface area contributed by atoms with E-state index < -0.39 is 5.91 Å². The molecule has 0 saturated heterocycles. The van der Waals surface area contributed by atoms with E-state index in [1.54, 1.807) is 73.7 Å². The van der Waals surface area contributed by atoms with Crippen LogP contribution in [0.15, 0.2) is 60.8 Å². The van der Waals surface area contributed by atoms with Gasteiger partial charge in [-0.2, -0.15) is 0 Å². The summed E-state index contributed by atoms with van der Waals surface area (Å²) in [5, 5.41) is 13.5. The summed E-state index contributed by atoms with van der Waals surface area (Å²) in [7, 11) is 6.98. The second-order valence-corrected chi connectivity index (χ2v) is 7.36. The smallest absolute Gasteiger partial charge is 0.259 e. The van der Waals surface area contributed by atoms with Gasteiger partial charge < -0.3 is 20.3 Å². The van der Waals surface area contributed by atoms with Crippen LogP contribution in [-0.4, -0.2) is 56.6 Å². The molecule has 2 aromatic carbocycles. The fourth-order valence-electron chi connectivity index (χ4n) is 2.90. The van der Waals surface area contributed by atoms with E-state index in [1.165, 1.54) is 7.11 Å². The molecule has 0 bridgehead atoms. The van der Waals surface area contributed by atoms with E-state index >= 15 is 0 Å². The molecule has 0 atom stereocenters. The molecule has 0 unspecified atom stereocenters. The lowest BCUT2D eigenvalue weighted by Crippen LogP contribution is -2.22. The van der Waals surface area contributed by atoms with Crippen LogP contribution in [0.2, 0.25) is 0 Å². The molecule has 162 valence electrons. The number of hydrogen-bond acceptors (Lipinski definition) is 5. The van der Waals surface area contributed by atoms with Gasteiger partial charge in [0.05, 0.1) is 18.4 Å². The molecular formula is C23H24BN5O3. The maximum atomic E-state index is 12.9. The van der Waals surface area contributed by atoms with Crippen molar-refractivity contribution in [2.75, 3.05) is 31.8 Å². The maximum Gasteiger partial charge on any atom is 0.259 e. The van der Waals surface area contributed by atoms with Crippen LogP contribution < -0.4 is 20.8 Å². The lowest BCUT2D eigenvalue weighted by atomic mass is 9.99. The number of nitrogens with one attached hydrogen (secondary N) is 3. The van der Waals surface area contributed by atoms with Crippen molar-refractivity contribution < 1.29 is 14.3 Å². The second kappa shape index (κ2) is 9.78. The number of anilines is 2. The molecule has 3 N–H and O–H groups in total. The Kier molecular flexibility index (Phi) is 6.89. The minimum absolute atomic E-state index is 0.242. The molecular weight excluding hydrogens is 405 g/mol. The number of benzene rings is 2. The molecule has 1 heterocycles. The number of carbonyl (C=O) groups is 2. The first-order valence-electron chi connectivity index (χ1n) is 9.88. The van der Waals surface area contributed by atoms with Gasteiger partial charge in [-0.15, -0.1) is 0 Å². The normalized spacial score (nSPS) is 10.2. The monoisotopic (exact) mass is 429 g/mol. The van der Waals surface area contributed by atoms with E-state index in [0.29, 0.717) is 34.2 Å². The summed E-state index contributed by atoms with van der Waals surface area (Å²) < 4.78 is 5.24.